The minimum Gasteiger partial charge on any atom is -0.296 e. The summed E-state index contributed by atoms with van der Waals surface area (Å²) >= 11 is 0. The van der Waals surface area contributed by atoms with Gasteiger partial charge in [-0.3, -0.25) is 4.90 Å². The first-order valence-corrected chi connectivity index (χ1v) is 7.18. The van der Waals surface area contributed by atoms with Crippen LogP contribution in [0.3, 0.4) is 0 Å². The molecule has 0 unspecified atom stereocenters. The van der Waals surface area contributed by atoms with Crippen LogP contribution in [0.5, 0.6) is 0 Å². The molecule has 0 amide bonds. The van der Waals surface area contributed by atoms with E-state index in [0.29, 0.717) is 12.0 Å². The molecule has 0 aliphatic carbocycles. The van der Waals surface area contributed by atoms with Crippen molar-refractivity contribution >= 4 is 0 Å². The van der Waals surface area contributed by atoms with Gasteiger partial charge in [0.1, 0.15) is 0 Å². The molecular formula is C17H27N. The molecule has 100 valence electrons. The third-order valence-corrected chi connectivity index (χ3v) is 4.23. The van der Waals surface area contributed by atoms with Gasteiger partial charge in [0.25, 0.3) is 0 Å². The number of rotatable bonds is 2. The molecule has 0 aromatic heterocycles. The third kappa shape index (κ3) is 2.47. The molecule has 1 heteroatoms. The van der Waals surface area contributed by atoms with E-state index in [1.807, 2.05) is 0 Å². The highest BCUT2D eigenvalue weighted by Gasteiger charge is 2.32. The van der Waals surface area contributed by atoms with E-state index in [-0.39, 0.29) is 5.41 Å². The summed E-state index contributed by atoms with van der Waals surface area (Å²) in [5, 5.41) is 0. The number of hydrogen-bond acceptors (Lipinski definition) is 1. The normalized spacial score (nSPS) is 19.3. The minimum absolute atomic E-state index is 0.271. The van der Waals surface area contributed by atoms with Crippen molar-refractivity contribution in [3.8, 4) is 0 Å². The Kier molecular flexibility index (Phi) is 3.55. The predicted molar refractivity (Wildman–Crippen MR) is 79.1 cm³/mol. The zero-order chi connectivity index (χ0) is 13.5. The van der Waals surface area contributed by atoms with Crippen LogP contribution < -0.4 is 0 Å². The first-order valence-electron chi connectivity index (χ1n) is 7.18. The van der Waals surface area contributed by atoms with Gasteiger partial charge in [0.15, 0.2) is 0 Å². The van der Waals surface area contributed by atoms with E-state index in [1.165, 1.54) is 17.7 Å². The third-order valence-electron chi connectivity index (χ3n) is 4.23. The van der Waals surface area contributed by atoms with Crippen molar-refractivity contribution in [2.24, 2.45) is 0 Å². The molecule has 0 spiro atoms. The zero-order valence-electron chi connectivity index (χ0n) is 12.7. The fraction of sp³-hybridized carbons (Fsp3) is 0.647. The van der Waals surface area contributed by atoms with E-state index >= 15 is 0 Å². The lowest BCUT2D eigenvalue weighted by atomic mass is 9.77. The van der Waals surface area contributed by atoms with Crippen LogP contribution >= 0.6 is 0 Å². The van der Waals surface area contributed by atoms with Crippen LogP contribution in [0.2, 0.25) is 0 Å². The van der Waals surface area contributed by atoms with E-state index < -0.39 is 0 Å². The van der Waals surface area contributed by atoms with E-state index in [4.69, 9.17) is 0 Å². The first kappa shape index (κ1) is 13.6. The highest BCUT2D eigenvalue weighted by molar-refractivity contribution is 5.40. The van der Waals surface area contributed by atoms with Crippen LogP contribution in [0.25, 0.3) is 0 Å². The van der Waals surface area contributed by atoms with E-state index in [9.17, 15) is 0 Å². The van der Waals surface area contributed by atoms with Crippen molar-refractivity contribution in [3.05, 3.63) is 34.9 Å². The maximum absolute atomic E-state index is 2.59. The average Bonchev–Trinajstić information content (AvgIpc) is 2.27. The first-order chi connectivity index (χ1) is 8.31. The van der Waals surface area contributed by atoms with E-state index in [0.717, 1.165) is 6.54 Å². The van der Waals surface area contributed by atoms with Crippen molar-refractivity contribution in [1.82, 2.24) is 4.90 Å². The van der Waals surface area contributed by atoms with E-state index in [1.54, 1.807) is 5.56 Å². The second-order valence-corrected chi connectivity index (χ2v) is 6.95. The fourth-order valence-corrected chi connectivity index (χ4v) is 3.00. The maximum Gasteiger partial charge on any atom is 0.0239 e. The molecule has 1 aromatic rings. The predicted octanol–water partition coefficient (Wildman–Crippen LogP) is 4.31. The number of fused-ring (bicyclic) bond motifs is 1. The molecule has 0 saturated heterocycles. The molecule has 1 nitrogen and oxygen atoms in total. The van der Waals surface area contributed by atoms with Crippen molar-refractivity contribution in [2.75, 3.05) is 6.54 Å². The molecule has 18 heavy (non-hydrogen) atoms. The van der Waals surface area contributed by atoms with Crippen LogP contribution in [0.4, 0.5) is 0 Å². The lowest BCUT2D eigenvalue weighted by molar-refractivity contribution is 0.154. The lowest BCUT2D eigenvalue weighted by Crippen LogP contribution is -2.45. The van der Waals surface area contributed by atoms with Gasteiger partial charge in [0, 0.05) is 24.5 Å². The van der Waals surface area contributed by atoms with Gasteiger partial charge in [-0.25, -0.2) is 0 Å². The monoisotopic (exact) mass is 245 g/mol. The summed E-state index contributed by atoms with van der Waals surface area (Å²) in [6.07, 6.45) is 0. The van der Waals surface area contributed by atoms with Gasteiger partial charge >= 0.3 is 0 Å². The Bertz CT molecular complexity index is 429. The second-order valence-electron chi connectivity index (χ2n) is 6.95. The van der Waals surface area contributed by atoms with Gasteiger partial charge in [0.05, 0.1) is 0 Å². The molecule has 0 atom stereocenters. The summed E-state index contributed by atoms with van der Waals surface area (Å²) in [6, 6.07) is 7.73. The van der Waals surface area contributed by atoms with Gasteiger partial charge < -0.3 is 0 Å². The second kappa shape index (κ2) is 4.70. The minimum atomic E-state index is 0.271. The fourth-order valence-electron chi connectivity index (χ4n) is 3.00. The van der Waals surface area contributed by atoms with Crippen molar-refractivity contribution in [3.63, 3.8) is 0 Å². The molecule has 0 N–H and O–H groups in total. The Morgan fingerprint density at radius 3 is 2.33 bits per heavy atom. The van der Waals surface area contributed by atoms with Crippen LogP contribution in [-0.2, 0) is 12.0 Å². The summed E-state index contributed by atoms with van der Waals surface area (Å²) in [5.41, 5.74) is 4.82. The van der Waals surface area contributed by atoms with Crippen LogP contribution in [-0.4, -0.2) is 17.5 Å². The zero-order valence-corrected chi connectivity index (χ0v) is 12.7. The van der Waals surface area contributed by atoms with E-state index in [2.05, 4.69) is 64.6 Å². The molecule has 0 radical (unpaired) electrons. The quantitative estimate of drug-likeness (QED) is 0.750. The van der Waals surface area contributed by atoms with Gasteiger partial charge in [-0.05, 0) is 36.5 Å². The smallest absolute Gasteiger partial charge is 0.0239 e. The maximum atomic E-state index is 2.59. The van der Waals surface area contributed by atoms with Crippen molar-refractivity contribution < 1.29 is 0 Å². The highest BCUT2D eigenvalue weighted by Crippen LogP contribution is 2.35. The Balaban J connectivity index is 2.43. The van der Waals surface area contributed by atoms with Crippen LogP contribution in [0.1, 0.15) is 64.2 Å². The van der Waals surface area contributed by atoms with Gasteiger partial charge in [-0.1, -0.05) is 45.9 Å². The summed E-state index contributed by atoms with van der Waals surface area (Å²) < 4.78 is 0. The molecule has 0 fully saturated rings. The summed E-state index contributed by atoms with van der Waals surface area (Å²) in [5.74, 6) is 0.618. The topological polar surface area (TPSA) is 3.24 Å². The SMILES string of the molecule is CC(C)c1ccc2c(c1)CN(C(C)C)CC2(C)C. The molecular weight excluding hydrogens is 218 g/mol. The van der Waals surface area contributed by atoms with Crippen LogP contribution in [0, 0.1) is 0 Å². The molecule has 1 aromatic carbocycles. The summed E-state index contributed by atoms with van der Waals surface area (Å²) in [4.78, 5) is 2.59. The largest absolute Gasteiger partial charge is 0.296 e. The number of benzene rings is 1. The summed E-state index contributed by atoms with van der Waals surface area (Å²) in [7, 11) is 0. The Labute approximate surface area is 112 Å². The van der Waals surface area contributed by atoms with Gasteiger partial charge in [-0.15, -0.1) is 0 Å². The molecule has 0 saturated carbocycles. The van der Waals surface area contributed by atoms with Crippen molar-refractivity contribution in [1.29, 1.82) is 0 Å². The van der Waals surface area contributed by atoms with Gasteiger partial charge in [-0.2, -0.15) is 0 Å². The molecule has 2 rings (SSSR count). The molecule has 1 aliphatic rings. The Morgan fingerprint density at radius 1 is 1.11 bits per heavy atom. The van der Waals surface area contributed by atoms with Crippen molar-refractivity contribution in [2.45, 2.75) is 65.5 Å². The Morgan fingerprint density at radius 2 is 1.78 bits per heavy atom. The van der Waals surface area contributed by atoms with Gasteiger partial charge in [0.2, 0.25) is 0 Å². The summed E-state index contributed by atoms with van der Waals surface area (Å²) in [6.45, 7) is 16.2. The highest BCUT2D eigenvalue weighted by atomic mass is 15.2. The number of hydrogen-bond donors (Lipinski definition) is 0. The standard InChI is InChI=1S/C17H27N/c1-12(2)14-7-8-16-15(9-14)10-18(13(3)4)11-17(16,5)6/h7-9,12-13H,10-11H2,1-6H3. The lowest BCUT2D eigenvalue weighted by Gasteiger charge is -2.42. The average molecular weight is 245 g/mol. The van der Waals surface area contributed by atoms with Crippen LogP contribution in [0.15, 0.2) is 18.2 Å². The molecule has 1 aliphatic heterocycles. The number of nitrogens with zero attached hydrogens (tertiary/aromatic N) is 1. The molecule has 1 heterocycles. The molecule has 0 bridgehead atoms. The Hall–Kier alpha value is -0.820.